The number of halogens is 3. The van der Waals surface area contributed by atoms with Gasteiger partial charge in [0.15, 0.2) is 0 Å². The minimum absolute atomic E-state index is 0.125. The molecule has 2 bridgehead atoms. The molecule has 2 aliphatic carbocycles. The number of hydrogen-bond donors (Lipinski definition) is 2. The van der Waals surface area contributed by atoms with Gasteiger partial charge in [-0.25, -0.2) is 0 Å². The van der Waals surface area contributed by atoms with Gasteiger partial charge in [0.1, 0.15) is 0 Å². The predicted octanol–water partition coefficient (Wildman–Crippen LogP) is 5.42. The minimum atomic E-state index is -4.31. The molecule has 6 heteroatoms. The summed E-state index contributed by atoms with van der Waals surface area (Å²) in [5, 5.41) is 6.24. The fourth-order valence-electron chi connectivity index (χ4n) is 6.13. The fourth-order valence-corrected chi connectivity index (χ4v) is 6.13. The topological polar surface area (TPSA) is 41.1 Å². The molecular weight excluding hydrogens is 425 g/mol. The smallest absolute Gasteiger partial charge is 0.359 e. The highest BCUT2D eigenvalue weighted by molar-refractivity contribution is 5.75. The Morgan fingerprint density at radius 3 is 2.58 bits per heavy atom. The molecule has 1 saturated heterocycles. The van der Waals surface area contributed by atoms with Gasteiger partial charge in [-0.3, -0.25) is 4.79 Å². The zero-order chi connectivity index (χ0) is 23.5. The summed E-state index contributed by atoms with van der Waals surface area (Å²) < 4.78 is 36.7. The first-order valence-corrected chi connectivity index (χ1v) is 12.0. The molecule has 0 radical (unpaired) electrons. The zero-order valence-corrected chi connectivity index (χ0v) is 19.2. The van der Waals surface area contributed by atoms with E-state index in [2.05, 4.69) is 34.9 Å². The number of carbonyl (C=O) groups excluding carboxylic acids is 1. The number of amides is 1. The van der Waals surface area contributed by atoms with Crippen molar-refractivity contribution in [1.82, 2.24) is 10.6 Å². The molecule has 178 valence electrons. The minimum Gasteiger partial charge on any atom is -0.359 e. The summed E-state index contributed by atoms with van der Waals surface area (Å²) in [6.45, 7) is 1.23. The second-order valence-corrected chi connectivity index (χ2v) is 9.55. The summed E-state index contributed by atoms with van der Waals surface area (Å²) in [6, 6.07) is 14.9. The Balaban J connectivity index is 0.000000158. The Morgan fingerprint density at radius 1 is 1.09 bits per heavy atom. The van der Waals surface area contributed by atoms with Gasteiger partial charge in [-0.15, -0.1) is 0 Å². The lowest BCUT2D eigenvalue weighted by atomic mass is 9.53. The van der Waals surface area contributed by atoms with Gasteiger partial charge in [0.05, 0.1) is 5.56 Å². The van der Waals surface area contributed by atoms with Crippen molar-refractivity contribution in [3.8, 4) is 0 Å². The molecule has 1 aliphatic heterocycles. The Labute approximate surface area is 194 Å². The number of piperidine rings is 1. The molecule has 2 N–H and O–H groups in total. The van der Waals surface area contributed by atoms with E-state index in [1.54, 1.807) is 11.1 Å². The van der Waals surface area contributed by atoms with E-state index >= 15 is 0 Å². The standard InChI is InChI=1S/C16H21N.C11H12F3NO/c1-2-6-13-12(5-1)11-15-14-7-3-4-8-16(13,14)9-10-17-15;1-15-10(16)7-4-8-2-5-9(6-3-8)11(12,13)14/h1-2,5-6,14-15,17H,3-4,7-11H2;2-3,5-6H,4,7H2,1H3,(H,15,16)/t14-,15+,16-;/m0./s1. The highest BCUT2D eigenvalue weighted by Crippen LogP contribution is 2.53. The second-order valence-electron chi connectivity index (χ2n) is 9.55. The molecule has 5 rings (SSSR count). The molecule has 2 aromatic rings. The molecule has 1 heterocycles. The van der Waals surface area contributed by atoms with Crippen molar-refractivity contribution in [2.24, 2.45) is 5.92 Å². The quantitative estimate of drug-likeness (QED) is 0.645. The summed E-state index contributed by atoms with van der Waals surface area (Å²) >= 11 is 0. The van der Waals surface area contributed by atoms with E-state index in [1.807, 2.05) is 0 Å². The maximum absolute atomic E-state index is 12.2. The molecule has 0 unspecified atom stereocenters. The third-order valence-electron chi connectivity index (χ3n) is 7.76. The van der Waals surface area contributed by atoms with Gasteiger partial charge in [0.2, 0.25) is 5.91 Å². The first-order valence-electron chi connectivity index (χ1n) is 12.0. The molecule has 2 fully saturated rings. The van der Waals surface area contributed by atoms with Gasteiger partial charge in [0, 0.05) is 24.9 Å². The van der Waals surface area contributed by atoms with Crippen LogP contribution in [0.2, 0.25) is 0 Å². The van der Waals surface area contributed by atoms with Crippen molar-refractivity contribution in [3.05, 3.63) is 70.8 Å². The van der Waals surface area contributed by atoms with Crippen molar-refractivity contribution >= 4 is 5.91 Å². The number of nitrogens with one attached hydrogen (secondary N) is 2. The van der Waals surface area contributed by atoms with E-state index in [0.717, 1.165) is 29.7 Å². The molecular formula is C27H33F3N2O. The maximum Gasteiger partial charge on any atom is 0.416 e. The van der Waals surface area contributed by atoms with E-state index in [9.17, 15) is 18.0 Å². The Bertz CT molecular complexity index is 953. The van der Waals surface area contributed by atoms with Crippen molar-refractivity contribution in [1.29, 1.82) is 0 Å². The third-order valence-corrected chi connectivity index (χ3v) is 7.76. The van der Waals surface area contributed by atoms with E-state index in [0.29, 0.717) is 11.8 Å². The van der Waals surface area contributed by atoms with E-state index in [1.165, 1.54) is 64.3 Å². The molecule has 3 atom stereocenters. The third kappa shape index (κ3) is 5.11. The van der Waals surface area contributed by atoms with Crippen LogP contribution in [-0.4, -0.2) is 25.5 Å². The molecule has 0 aromatic heterocycles. The molecule has 0 spiro atoms. The number of benzene rings is 2. The normalized spacial score (nSPS) is 25.7. The zero-order valence-electron chi connectivity index (χ0n) is 19.2. The molecule has 33 heavy (non-hydrogen) atoms. The monoisotopic (exact) mass is 458 g/mol. The number of fused-ring (bicyclic) bond motifs is 1. The SMILES string of the molecule is CNC(=O)CCc1ccc(C(F)(F)F)cc1.c1ccc2c(c1)C[C@H]1NCC[C@@]23CCCC[C@@H]13. The van der Waals surface area contributed by atoms with Crippen LogP contribution in [0.4, 0.5) is 13.2 Å². The van der Waals surface area contributed by atoms with Crippen LogP contribution >= 0.6 is 0 Å². The Hall–Kier alpha value is -2.34. The second kappa shape index (κ2) is 9.88. The number of hydrogen-bond acceptors (Lipinski definition) is 2. The van der Waals surface area contributed by atoms with Crippen LogP contribution in [0.3, 0.4) is 0 Å². The first kappa shape index (κ1) is 23.8. The summed E-state index contributed by atoms with van der Waals surface area (Å²) in [4.78, 5) is 10.9. The average Bonchev–Trinajstić information content (AvgIpc) is 2.82. The summed E-state index contributed by atoms with van der Waals surface area (Å²) in [7, 11) is 1.52. The van der Waals surface area contributed by atoms with Crippen LogP contribution in [0.1, 0.15) is 60.8 Å². The van der Waals surface area contributed by atoms with Gasteiger partial charge in [-0.1, -0.05) is 49.2 Å². The van der Waals surface area contributed by atoms with Gasteiger partial charge in [0.25, 0.3) is 0 Å². The fraction of sp³-hybridized carbons (Fsp3) is 0.519. The van der Waals surface area contributed by atoms with Crippen molar-refractivity contribution in [3.63, 3.8) is 0 Å². The summed E-state index contributed by atoms with van der Waals surface area (Å²) in [5.74, 6) is 0.791. The number of carbonyl (C=O) groups is 1. The molecule has 3 nitrogen and oxygen atoms in total. The summed E-state index contributed by atoms with van der Waals surface area (Å²) in [6.07, 6.45) is 4.83. The number of rotatable bonds is 3. The van der Waals surface area contributed by atoms with Crippen LogP contribution in [0.15, 0.2) is 48.5 Å². The van der Waals surface area contributed by atoms with Crippen molar-refractivity contribution < 1.29 is 18.0 Å². The lowest BCUT2D eigenvalue weighted by Gasteiger charge is -2.56. The van der Waals surface area contributed by atoms with Crippen LogP contribution in [0, 0.1) is 5.92 Å². The maximum atomic E-state index is 12.2. The van der Waals surface area contributed by atoms with Gasteiger partial charge in [-0.2, -0.15) is 13.2 Å². The highest BCUT2D eigenvalue weighted by Gasteiger charge is 2.51. The van der Waals surface area contributed by atoms with Crippen LogP contribution in [-0.2, 0) is 29.2 Å². The Kier molecular flexibility index (Phi) is 7.13. The van der Waals surface area contributed by atoms with E-state index in [-0.39, 0.29) is 12.3 Å². The van der Waals surface area contributed by atoms with Gasteiger partial charge >= 0.3 is 6.18 Å². The van der Waals surface area contributed by atoms with Crippen LogP contribution in [0.25, 0.3) is 0 Å². The predicted molar refractivity (Wildman–Crippen MR) is 124 cm³/mol. The Morgan fingerprint density at radius 2 is 1.85 bits per heavy atom. The molecule has 1 saturated carbocycles. The highest BCUT2D eigenvalue weighted by atomic mass is 19.4. The van der Waals surface area contributed by atoms with Crippen molar-refractivity contribution in [2.75, 3.05) is 13.6 Å². The molecule has 3 aliphatic rings. The number of alkyl halides is 3. The van der Waals surface area contributed by atoms with Gasteiger partial charge < -0.3 is 10.6 Å². The molecule has 2 aromatic carbocycles. The van der Waals surface area contributed by atoms with Crippen LogP contribution < -0.4 is 10.6 Å². The van der Waals surface area contributed by atoms with E-state index < -0.39 is 11.7 Å². The average molecular weight is 459 g/mol. The lowest BCUT2D eigenvalue weighted by Crippen LogP contribution is -2.59. The van der Waals surface area contributed by atoms with Gasteiger partial charge in [-0.05, 0) is 73.4 Å². The lowest BCUT2D eigenvalue weighted by molar-refractivity contribution is -0.137. The largest absolute Gasteiger partial charge is 0.416 e. The molecule has 1 amide bonds. The van der Waals surface area contributed by atoms with E-state index in [4.69, 9.17) is 0 Å². The van der Waals surface area contributed by atoms with Crippen LogP contribution in [0.5, 0.6) is 0 Å². The number of aryl methyl sites for hydroxylation is 1. The van der Waals surface area contributed by atoms with Crippen molar-refractivity contribution in [2.45, 2.75) is 69.0 Å². The first-order chi connectivity index (χ1) is 15.8. The summed E-state index contributed by atoms with van der Waals surface area (Å²) in [5.41, 5.74) is 3.93.